The second kappa shape index (κ2) is 54.0. The normalized spacial score (nSPS) is 12.4. The molecule has 65 heavy (non-hydrogen) atoms. The zero-order valence-corrected chi connectivity index (χ0v) is 43.3. The molecule has 0 aliphatic heterocycles. The molecule has 0 unspecified atom stereocenters. The van der Waals surface area contributed by atoms with Gasteiger partial charge in [-0.25, -0.2) is 0 Å². The van der Waals surface area contributed by atoms with Gasteiger partial charge in [0.25, 0.3) is 0 Å². The average molecular weight is 911 g/mol. The van der Waals surface area contributed by atoms with Gasteiger partial charge in [-0.1, -0.05) is 236 Å². The molecule has 0 fully saturated rings. The maximum Gasteiger partial charge on any atom is 0.306 e. The van der Waals surface area contributed by atoms with Crippen LogP contribution < -0.4 is 0 Å². The fourth-order valence-corrected chi connectivity index (χ4v) is 8.03. The van der Waals surface area contributed by atoms with Crippen LogP contribution in [0.1, 0.15) is 290 Å². The van der Waals surface area contributed by atoms with Crippen LogP contribution in [0.3, 0.4) is 0 Å². The van der Waals surface area contributed by atoms with Crippen LogP contribution in [0.5, 0.6) is 0 Å². The van der Waals surface area contributed by atoms with E-state index in [9.17, 15) is 14.4 Å². The largest absolute Gasteiger partial charge is 0.462 e. The minimum Gasteiger partial charge on any atom is -0.462 e. The van der Waals surface area contributed by atoms with Crippen LogP contribution in [-0.4, -0.2) is 37.2 Å². The summed E-state index contributed by atoms with van der Waals surface area (Å²) in [5, 5.41) is 0. The standard InChI is InChI=1S/C59H106O6/c1-4-7-10-13-16-19-22-25-27-29-31-34-36-39-42-45-48-51-57(60)63-54-56(65-59(62)53-50-47-44-41-38-33-24-21-18-15-12-9-6-3)55-64-58(61)52-49-46-43-40-37-35-32-30-28-26-23-20-17-14-11-8-5-2/h16,19,25-28,31,34,56H,4-15,17-18,20-24,29-30,32-33,35-55H2,1-3H3/b19-16-,27-25-,28-26-,34-31-/t56-/m1/s1. The summed E-state index contributed by atoms with van der Waals surface area (Å²) in [5.74, 6) is -0.894. The number of rotatable bonds is 51. The number of esters is 3. The quantitative estimate of drug-likeness (QED) is 0.0262. The lowest BCUT2D eigenvalue weighted by Crippen LogP contribution is -2.30. The molecule has 0 aliphatic carbocycles. The van der Waals surface area contributed by atoms with Gasteiger partial charge in [-0.15, -0.1) is 0 Å². The van der Waals surface area contributed by atoms with Gasteiger partial charge in [-0.2, -0.15) is 0 Å². The van der Waals surface area contributed by atoms with E-state index in [0.717, 1.165) is 83.5 Å². The average Bonchev–Trinajstić information content (AvgIpc) is 3.30. The molecular formula is C59H106O6. The van der Waals surface area contributed by atoms with Crippen molar-refractivity contribution in [3.8, 4) is 0 Å². The van der Waals surface area contributed by atoms with E-state index in [0.29, 0.717) is 19.3 Å². The van der Waals surface area contributed by atoms with Gasteiger partial charge in [0.2, 0.25) is 0 Å². The zero-order chi connectivity index (χ0) is 47.2. The highest BCUT2D eigenvalue weighted by atomic mass is 16.6. The van der Waals surface area contributed by atoms with Crippen LogP contribution in [0.4, 0.5) is 0 Å². The van der Waals surface area contributed by atoms with Gasteiger partial charge in [0.05, 0.1) is 0 Å². The first kappa shape index (κ1) is 62.4. The van der Waals surface area contributed by atoms with Crippen molar-refractivity contribution in [2.45, 2.75) is 297 Å². The summed E-state index contributed by atoms with van der Waals surface area (Å²) in [5.41, 5.74) is 0. The van der Waals surface area contributed by atoms with Crippen molar-refractivity contribution in [3.63, 3.8) is 0 Å². The molecule has 0 saturated carbocycles. The van der Waals surface area contributed by atoms with Gasteiger partial charge in [0.1, 0.15) is 13.2 Å². The summed E-state index contributed by atoms with van der Waals surface area (Å²) in [4.78, 5) is 38.1. The Morgan fingerprint density at radius 1 is 0.308 bits per heavy atom. The number of hydrogen-bond donors (Lipinski definition) is 0. The molecule has 0 spiro atoms. The molecule has 0 rings (SSSR count). The maximum absolute atomic E-state index is 12.8. The Bertz CT molecular complexity index is 1140. The van der Waals surface area contributed by atoms with Gasteiger partial charge >= 0.3 is 17.9 Å². The van der Waals surface area contributed by atoms with Crippen LogP contribution in [0.15, 0.2) is 48.6 Å². The van der Waals surface area contributed by atoms with E-state index < -0.39 is 6.10 Å². The Hall–Kier alpha value is -2.63. The van der Waals surface area contributed by atoms with Crippen LogP contribution in [-0.2, 0) is 28.6 Å². The van der Waals surface area contributed by atoms with E-state index in [2.05, 4.69) is 69.4 Å². The molecule has 0 aromatic carbocycles. The number of carbonyl (C=O) groups excluding carboxylic acids is 3. The maximum atomic E-state index is 12.8. The molecule has 0 bridgehead atoms. The Morgan fingerprint density at radius 3 is 0.908 bits per heavy atom. The van der Waals surface area contributed by atoms with E-state index in [1.165, 1.54) is 167 Å². The van der Waals surface area contributed by atoms with Crippen molar-refractivity contribution in [1.29, 1.82) is 0 Å². The Kier molecular flexibility index (Phi) is 51.8. The van der Waals surface area contributed by atoms with Crippen LogP contribution >= 0.6 is 0 Å². The molecule has 378 valence electrons. The lowest BCUT2D eigenvalue weighted by molar-refractivity contribution is -0.167. The number of carbonyl (C=O) groups is 3. The predicted octanol–water partition coefficient (Wildman–Crippen LogP) is 18.7. The molecule has 0 aromatic heterocycles. The topological polar surface area (TPSA) is 78.9 Å². The molecular weight excluding hydrogens is 805 g/mol. The Labute approximate surface area is 403 Å². The monoisotopic (exact) mass is 911 g/mol. The molecule has 0 radical (unpaired) electrons. The number of allylic oxidation sites excluding steroid dienone is 8. The summed E-state index contributed by atoms with van der Waals surface area (Å²) in [7, 11) is 0. The zero-order valence-electron chi connectivity index (χ0n) is 43.3. The molecule has 0 aliphatic rings. The molecule has 0 aromatic rings. The second-order valence-electron chi connectivity index (χ2n) is 18.8. The summed E-state index contributed by atoms with van der Waals surface area (Å²) >= 11 is 0. The molecule has 6 heteroatoms. The summed E-state index contributed by atoms with van der Waals surface area (Å²) in [6.45, 7) is 6.61. The lowest BCUT2D eigenvalue weighted by Gasteiger charge is -2.18. The lowest BCUT2D eigenvalue weighted by atomic mass is 10.0. The van der Waals surface area contributed by atoms with Gasteiger partial charge in [-0.05, 0) is 83.5 Å². The number of unbranched alkanes of at least 4 members (excludes halogenated alkanes) is 32. The molecule has 0 amide bonds. The third kappa shape index (κ3) is 52.2. The van der Waals surface area contributed by atoms with Crippen molar-refractivity contribution >= 4 is 17.9 Å². The third-order valence-corrected chi connectivity index (χ3v) is 12.3. The van der Waals surface area contributed by atoms with Crippen molar-refractivity contribution < 1.29 is 28.6 Å². The fourth-order valence-electron chi connectivity index (χ4n) is 8.03. The Morgan fingerprint density at radius 2 is 0.554 bits per heavy atom. The van der Waals surface area contributed by atoms with Crippen LogP contribution in [0.2, 0.25) is 0 Å². The van der Waals surface area contributed by atoms with E-state index >= 15 is 0 Å². The first-order chi connectivity index (χ1) is 32.0. The van der Waals surface area contributed by atoms with Crippen LogP contribution in [0, 0.1) is 0 Å². The minimum atomic E-state index is -0.781. The predicted molar refractivity (Wildman–Crippen MR) is 279 cm³/mol. The highest BCUT2D eigenvalue weighted by Crippen LogP contribution is 2.16. The third-order valence-electron chi connectivity index (χ3n) is 12.3. The van der Waals surface area contributed by atoms with Crippen LogP contribution in [0.25, 0.3) is 0 Å². The summed E-state index contributed by atoms with van der Waals surface area (Å²) in [6, 6.07) is 0. The molecule has 0 saturated heterocycles. The summed E-state index contributed by atoms with van der Waals surface area (Å²) in [6.07, 6.45) is 65.2. The van der Waals surface area contributed by atoms with Crippen molar-refractivity contribution in [1.82, 2.24) is 0 Å². The fraction of sp³-hybridized carbons (Fsp3) is 0.814. The summed E-state index contributed by atoms with van der Waals surface area (Å²) < 4.78 is 16.8. The first-order valence-corrected chi connectivity index (χ1v) is 28.1. The van der Waals surface area contributed by atoms with E-state index in [1.807, 2.05) is 0 Å². The van der Waals surface area contributed by atoms with E-state index in [1.54, 1.807) is 0 Å². The minimum absolute atomic E-state index is 0.0800. The van der Waals surface area contributed by atoms with Gasteiger partial charge in [0, 0.05) is 19.3 Å². The highest BCUT2D eigenvalue weighted by molar-refractivity contribution is 5.71. The molecule has 6 nitrogen and oxygen atoms in total. The van der Waals surface area contributed by atoms with Gasteiger partial charge in [-0.3, -0.25) is 14.4 Å². The van der Waals surface area contributed by atoms with Crippen molar-refractivity contribution in [3.05, 3.63) is 48.6 Å². The van der Waals surface area contributed by atoms with E-state index in [4.69, 9.17) is 14.2 Å². The Balaban J connectivity index is 4.38. The van der Waals surface area contributed by atoms with Crippen molar-refractivity contribution in [2.24, 2.45) is 0 Å². The van der Waals surface area contributed by atoms with Gasteiger partial charge < -0.3 is 14.2 Å². The van der Waals surface area contributed by atoms with Crippen molar-refractivity contribution in [2.75, 3.05) is 13.2 Å². The first-order valence-electron chi connectivity index (χ1n) is 28.1. The second-order valence-corrected chi connectivity index (χ2v) is 18.8. The van der Waals surface area contributed by atoms with Gasteiger partial charge in [0.15, 0.2) is 6.10 Å². The molecule has 1 atom stereocenters. The molecule has 0 heterocycles. The number of ether oxygens (including phenoxy) is 3. The number of hydrogen-bond acceptors (Lipinski definition) is 6. The molecule has 0 N–H and O–H groups in total. The highest BCUT2D eigenvalue weighted by Gasteiger charge is 2.19. The smallest absolute Gasteiger partial charge is 0.306 e. The SMILES string of the molecule is CCCCC/C=C\C/C=C\C/C=C\CCCCCCC(=O)OC[C@H](COC(=O)CCCCCCCCC/C=C\CCCCCCCC)OC(=O)CCCCCCCCCCCCCCC. The van der Waals surface area contributed by atoms with E-state index in [-0.39, 0.29) is 31.1 Å².